The third-order valence-corrected chi connectivity index (χ3v) is 5.86. The minimum atomic E-state index is -1.18. The lowest BCUT2D eigenvalue weighted by molar-refractivity contribution is -0.139. The zero-order valence-corrected chi connectivity index (χ0v) is 20.9. The number of nitrogens with one attached hydrogen (secondary N) is 1. The molecule has 0 aromatic heterocycles. The highest BCUT2D eigenvalue weighted by Crippen LogP contribution is 2.38. The average molecular weight is 500 g/mol. The molecule has 2 N–H and O–H groups in total. The van der Waals surface area contributed by atoms with Crippen LogP contribution in [0.1, 0.15) is 54.0 Å². The predicted octanol–water partition coefficient (Wildman–Crippen LogP) is 3.28. The first-order valence-electron chi connectivity index (χ1n) is 10.0. The first-order valence-corrected chi connectivity index (χ1v) is 10.8. The Morgan fingerprint density at radius 3 is 2.19 bits per heavy atom. The molecule has 1 amide bonds. The number of carboxylic acids is 1. The minimum Gasteiger partial charge on any atom is -0.496 e. The van der Waals surface area contributed by atoms with Gasteiger partial charge in [-0.3, -0.25) is 0 Å². The maximum atomic E-state index is 12.1. The summed E-state index contributed by atoms with van der Waals surface area (Å²) in [5, 5.41) is 12.0. The highest BCUT2D eigenvalue weighted by Gasteiger charge is 2.52. The van der Waals surface area contributed by atoms with Gasteiger partial charge in [0.15, 0.2) is 0 Å². The van der Waals surface area contributed by atoms with Gasteiger partial charge in [0, 0.05) is 11.9 Å². The van der Waals surface area contributed by atoms with Crippen LogP contribution in [-0.4, -0.2) is 54.2 Å². The molecule has 1 aliphatic heterocycles. The van der Waals surface area contributed by atoms with Crippen LogP contribution in [0, 0.1) is 0 Å². The Labute approximate surface area is 192 Å². The standard InChI is InChI=1S/C21H31BBrNO7/c1-19(2,3)29-18(27)24-15(17(25)26)11-12-9-13(16(28-8)14(23)10-12)22-30-20(4,5)21(6,7)31-22/h9-10,15H,11H2,1-8H3,(H,24,27)(H,25,26)/t15-/m0/s1. The lowest BCUT2D eigenvalue weighted by Gasteiger charge is -2.32. The van der Waals surface area contributed by atoms with Gasteiger partial charge in [-0.1, -0.05) is 6.07 Å². The molecule has 172 valence electrons. The summed E-state index contributed by atoms with van der Waals surface area (Å²) in [5.74, 6) is -0.635. The number of ether oxygens (including phenoxy) is 2. The minimum absolute atomic E-state index is 0.0314. The molecule has 1 fully saturated rings. The van der Waals surface area contributed by atoms with E-state index in [2.05, 4.69) is 21.2 Å². The molecule has 1 aliphatic rings. The second-order valence-electron chi connectivity index (χ2n) is 9.53. The number of carbonyl (C=O) groups excluding carboxylic acids is 1. The van der Waals surface area contributed by atoms with Crippen molar-refractivity contribution in [2.45, 2.75) is 77.7 Å². The van der Waals surface area contributed by atoms with Gasteiger partial charge in [-0.25, -0.2) is 9.59 Å². The molecule has 1 heterocycles. The van der Waals surface area contributed by atoms with E-state index in [1.54, 1.807) is 40.0 Å². The van der Waals surface area contributed by atoms with Crippen molar-refractivity contribution < 1.29 is 33.5 Å². The number of aliphatic carboxylic acids is 1. The van der Waals surface area contributed by atoms with E-state index in [9.17, 15) is 14.7 Å². The van der Waals surface area contributed by atoms with E-state index in [0.29, 0.717) is 21.2 Å². The summed E-state index contributed by atoms with van der Waals surface area (Å²) in [6.45, 7) is 12.9. The molecule has 0 saturated carbocycles. The highest BCUT2D eigenvalue weighted by molar-refractivity contribution is 9.10. The number of halogens is 1. The van der Waals surface area contributed by atoms with Gasteiger partial charge in [0.05, 0.1) is 22.8 Å². The molecule has 0 unspecified atom stereocenters. The second-order valence-corrected chi connectivity index (χ2v) is 10.4. The monoisotopic (exact) mass is 499 g/mol. The van der Waals surface area contributed by atoms with Crippen LogP contribution in [0.5, 0.6) is 5.75 Å². The van der Waals surface area contributed by atoms with Gasteiger partial charge in [-0.2, -0.15) is 0 Å². The zero-order valence-electron chi connectivity index (χ0n) is 19.3. The van der Waals surface area contributed by atoms with Crippen molar-refractivity contribution >= 4 is 40.6 Å². The van der Waals surface area contributed by atoms with Crippen LogP contribution in [0.3, 0.4) is 0 Å². The van der Waals surface area contributed by atoms with Gasteiger partial charge in [0.1, 0.15) is 17.4 Å². The average Bonchev–Trinajstić information content (AvgIpc) is 2.79. The SMILES string of the molecule is COc1c(Br)cc(C[C@H](NC(=O)OC(C)(C)C)C(=O)O)cc1B1OC(C)(C)C(C)(C)O1. The van der Waals surface area contributed by atoms with Crippen molar-refractivity contribution in [3.8, 4) is 5.75 Å². The van der Waals surface area contributed by atoms with Gasteiger partial charge in [-0.15, -0.1) is 0 Å². The molecular formula is C21H31BBrNO7. The molecule has 8 nitrogen and oxygen atoms in total. The van der Waals surface area contributed by atoms with E-state index >= 15 is 0 Å². The summed E-state index contributed by atoms with van der Waals surface area (Å²) in [6.07, 6.45) is -0.761. The van der Waals surface area contributed by atoms with Gasteiger partial charge in [0.2, 0.25) is 0 Å². The fraction of sp³-hybridized carbons (Fsp3) is 0.619. The van der Waals surface area contributed by atoms with Crippen molar-refractivity contribution in [3.63, 3.8) is 0 Å². The van der Waals surface area contributed by atoms with Crippen LogP contribution in [0.25, 0.3) is 0 Å². The van der Waals surface area contributed by atoms with Gasteiger partial charge in [0.25, 0.3) is 0 Å². The number of hydrogen-bond donors (Lipinski definition) is 2. The smallest absolute Gasteiger partial charge is 0.496 e. The Bertz CT molecular complexity index is 835. The molecule has 1 atom stereocenters. The summed E-state index contributed by atoms with van der Waals surface area (Å²) in [5.41, 5.74) is -0.548. The second kappa shape index (κ2) is 9.00. The maximum Gasteiger partial charge on any atom is 0.498 e. The molecule has 0 spiro atoms. The molecule has 0 radical (unpaired) electrons. The first-order chi connectivity index (χ1) is 14.1. The number of carboxylic acid groups (broad SMARTS) is 1. The summed E-state index contributed by atoms with van der Waals surface area (Å²) in [4.78, 5) is 23.9. The zero-order chi connectivity index (χ0) is 23.8. The Morgan fingerprint density at radius 2 is 1.74 bits per heavy atom. The van der Waals surface area contributed by atoms with Crippen LogP contribution in [0.15, 0.2) is 16.6 Å². The van der Waals surface area contributed by atoms with E-state index in [4.69, 9.17) is 18.8 Å². The Hall–Kier alpha value is -1.78. The lowest BCUT2D eigenvalue weighted by Crippen LogP contribution is -2.45. The highest BCUT2D eigenvalue weighted by atomic mass is 79.9. The van der Waals surface area contributed by atoms with Crippen molar-refractivity contribution in [1.29, 1.82) is 0 Å². The molecule has 10 heteroatoms. The van der Waals surface area contributed by atoms with Crippen molar-refractivity contribution in [2.24, 2.45) is 0 Å². The van der Waals surface area contributed by atoms with E-state index < -0.39 is 42.0 Å². The van der Waals surface area contributed by atoms with Crippen LogP contribution < -0.4 is 15.5 Å². The number of rotatable bonds is 6. The van der Waals surface area contributed by atoms with E-state index in [1.807, 2.05) is 27.7 Å². The van der Waals surface area contributed by atoms with E-state index in [0.717, 1.165) is 0 Å². The van der Waals surface area contributed by atoms with Gasteiger partial charge < -0.3 is 29.2 Å². The summed E-state index contributed by atoms with van der Waals surface area (Å²) < 4.78 is 23.6. The number of methoxy groups -OCH3 is 1. The van der Waals surface area contributed by atoms with E-state index in [-0.39, 0.29) is 6.42 Å². The third kappa shape index (κ3) is 6.14. The fourth-order valence-electron chi connectivity index (χ4n) is 3.04. The Balaban J connectivity index is 2.33. The van der Waals surface area contributed by atoms with Crippen LogP contribution in [-0.2, 0) is 25.3 Å². The largest absolute Gasteiger partial charge is 0.498 e. The summed E-state index contributed by atoms with van der Waals surface area (Å²) >= 11 is 3.48. The van der Waals surface area contributed by atoms with Crippen molar-refractivity contribution in [1.82, 2.24) is 5.32 Å². The topological polar surface area (TPSA) is 103 Å². The molecule has 1 aromatic carbocycles. The Kier molecular flexibility index (Phi) is 7.40. The van der Waals surface area contributed by atoms with Gasteiger partial charge >= 0.3 is 19.2 Å². The Morgan fingerprint density at radius 1 is 1.19 bits per heavy atom. The summed E-state index contributed by atoms with van der Waals surface area (Å²) in [7, 11) is 0.844. The summed E-state index contributed by atoms with van der Waals surface area (Å²) in [6, 6.07) is 2.35. The van der Waals surface area contributed by atoms with Crippen molar-refractivity contribution in [3.05, 3.63) is 22.2 Å². The van der Waals surface area contributed by atoms with Gasteiger partial charge in [-0.05, 0) is 76.0 Å². The number of hydrogen-bond acceptors (Lipinski definition) is 6. The maximum absolute atomic E-state index is 12.1. The number of amides is 1. The lowest BCUT2D eigenvalue weighted by atomic mass is 9.77. The molecule has 1 aromatic rings. The predicted molar refractivity (Wildman–Crippen MR) is 121 cm³/mol. The number of benzene rings is 1. The molecule has 0 bridgehead atoms. The van der Waals surface area contributed by atoms with Crippen LogP contribution in [0.4, 0.5) is 4.79 Å². The van der Waals surface area contributed by atoms with Crippen LogP contribution in [0.2, 0.25) is 0 Å². The first kappa shape index (κ1) is 25.5. The molecule has 0 aliphatic carbocycles. The molecular weight excluding hydrogens is 469 g/mol. The number of carbonyl (C=O) groups is 2. The molecule has 31 heavy (non-hydrogen) atoms. The molecule has 1 saturated heterocycles. The van der Waals surface area contributed by atoms with Crippen molar-refractivity contribution in [2.75, 3.05) is 7.11 Å². The molecule has 2 rings (SSSR count). The fourth-order valence-corrected chi connectivity index (χ4v) is 3.72. The van der Waals surface area contributed by atoms with E-state index in [1.165, 1.54) is 0 Å². The number of alkyl carbamates (subject to hydrolysis) is 1. The third-order valence-electron chi connectivity index (χ3n) is 5.27. The van der Waals surface area contributed by atoms with Crippen LogP contribution >= 0.6 is 15.9 Å². The normalized spacial score (nSPS) is 18.4. The quantitative estimate of drug-likeness (QED) is 0.579.